The minimum Gasteiger partial charge on any atom is -0.450 e. The molecule has 180 valence electrons. The molecule has 1 aliphatic rings. The molecule has 1 aliphatic heterocycles. The molecule has 8 nitrogen and oxygen atoms in total. The maximum Gasteiger partial charge on any atom is 0.409 e. The predicted octanol–water partition coefficient (Wildman–Crippen LogP) is 3.42. The average molecular weight is 483 g/mol. The molecular formula is C25H30N4O4S. The zero-order valence-electron chi connectivity index (χ0n) is 19.2. The maximum atomic E-state index is 13.3. The molecule has 0 saturated carbocycles. The van der Waals surface area contributed by atoms with E-state index in [1.165, 1.54) is 0 Å². The van der Waals surface area contributed by atoms with Crippen LogP contribution in [0.15, 0.2) is 65.8 Å². The van der Waals surface area contributed by atoms with Gasteiger partial charge in [0.15, 0.2) is 0 Å². The first-order valence-corrected chi connectivity index (χ1v) is 13.0. The predicted molar refractivity (Wildman–Crippen MR) is 131 cm³/mol. The van der Waals surface area contributed by atoms with Gasteiger partial charge in [0.2, 0.25) is 10.0 Å². The number of amides is 1. The van der Waals surface area contributed by atoms with Crippen LogP contribution in [0.25, 0.3) is 10.8 Å². The van der Waals surface area contributed by atoms with E-state index in [9.17, 15) is 13.2 Å². The zero-order valence-corrected chi connectivity index (χ0v) is 20.1. The van der Waals surface area contributed by atoms with Crippen molar-refractivity contribution in [2.75, 3.05) is 19.7 Å². The normalized spacial score (nSPS) is 14.9. The molecule has 34 heavy (non-hydrogen) atoms. The van der Waals surface area contributed by atoms with Crippen LogP contribution < -0.4 is 10.0 Å². The fraction of sp³-hybridized carbons (Fsp3) is 0.360. The van der Waals surface area contributed by atoms with Crippen LogP contribution >= 0.6 is 0 Å². The molecule has 0 spiro atoms. The molecule has 3 aromatic rings. The van der Waals surface area contributed by atoms with Crippen molar-refractivity contribution in [3.8, 4) is 0 Å². The highest BCUT2D eigenvalue weighted by atomic mass is 32.2. The Morgan fingerprint density at radius 3 is 2.44 bits per heavy atom. The number of carbonyl (C=O) groups excluding carboxylic acids is 1. The summed E-state index contributed by atoms with van der Waals surface area (Å²) < 4.78 is 34.5. The van der Waals surface area contributed by atoms with E-state index in [2.05, 4.69) is 15.0 Å². The van der Waals surface area contributed by atoms with E-state index in [4.69, 9.17) is 4.74 Å². The lowest BCUT2D eigenvalue weighted by atomic mass is 10.0. The van der Waals surface area contributed by atoms with Crippen LogP contribution in [0.1, 0.15) is 30.9 Å². The molecule has 0 radical (unpaired) electrons. The first kappa shape index (κ1) is 24.1. The molecular weight excluding hydrogens is 452 g/mol. The molecule has 1 amide bonds. The number of nitrogens with zero attached hydrogens (tertiary/aromatic N) is 2. The minimum absolute atomic E-state index is 0.226. The number of rotatable bonds is 8. The highest BCUT2D eigenvalue weighted by Gasteiger charge is 2.28. The van der Waals surface area contributed by atoms with E-state index in [1.54, 1.807) is 30.3 Å². The first-order valence-electron chi connectivity index (χ1n) is 11.5. The SMILES string of the molecule is CCOC(=O)N1CCC(NS(=O)(=O)c2ccc(CNCc3ccncc3)c3ccccc23)CC1. The van der Waals surface area contributed by atoms with Gasteiger partial charge in [0.05, 0.1) is 11.5 Å². The van der Waals surface area contributed by atoms with Gasteiger partial charge in [-0.25, -0.2) is 17.9 Å². The molecule has 2 aromatic carbocycles. The van der Waals surface area contributed by atoms with E-state index in [-0.39, 0.29) is 17.0 Å². The number of carbonyl (C=O) groups is 1. The first-order chi connectivity index (χ1) is 16.5. The maximum absolute atomic E-state index is 13.3. The van der Waals surface area contributed by atoms with Gasteiger partial charge in [-0.15, -0.1) is 0 Å². The Morgan fingerprint density at radius 2 is 1.74 bits per heavy atom. The van der Waals surface area contributed by atoms with Crippen molar-refractivity contribution in [1.29, 1.82) is 0 Å². The Bertz CT molecular complexity index is 1230. The van der Waals surface area contributed by atoms with E-state index >= 15 is 0 Å². The van der Waals surface area contributed by atoms with Crippen LogP contribution in [-0.2, 0) is 27.8 Å². The quantitative estimate of drug-likeness (QED) is 0.510. The van der Waals surface area contributed by atoms with Crippen LogP contribution in [0.5, 0.6) is 0 Å². The molecule has 2 heterocycles. The number of fused-ring (bicyclic) bond motifs is 1. The number of pyridine rings is 1. The summed E-state index contributed by atoms with van der Waals surface area (Å²) in [5.41, 5.74) is 2.17. The summed E-state index contributed by atoms with van der Waals surface area (Å²) in [5, 5.41) is 5.02. The van der Waals surface area contributed by atoms with Gasteiger partial charge in [0, 0.05) is 50.0 Å². The summed E-state index contributed by atoms with van der Waals surface area (Å²) in [7, 11) is -3.73. The second-order valence-corrected chi connectivity index (χ2v) is 9.99. The van der Waals surface area contributed by atoms with Crippen LogP contribution in [0.3, 0.4) is 0 Å². The fourth-order valence-corrected chi connectivity index (χ4v) is 5.76. The van der Waals surface area contributed by atoms with Crippen molar-refractivity contribution >= 4 is 26.9 Å². The number of likely N-dealkylation sites (tertiary alicyclic amines) is 1. The Hall–Kier alpha value is -3.01. The molecule has 1 fully saturated rings. The summed E-state index contributed by atoms with van der Waals surface area (Å²) >= 11 is 0. The third-order valence-electron chi connectivity index (χ3n) is 6.00. The number of ether oxygens (including phenoxy) is 1. The summed E-state index contributed by atoms with van der Waals surface area (Å²) in [6.07, 6.45) is 4.28. The molecule has 2 N–H and O–H groups in total. The van der Waals surface area contributed by atoms with Crippen molar-refractivity contribution in [2.24, 2.45) is 0 Å². The van der Waals surface area contributed by atoms with E-state index < -0.39 is 10.0 Å². The van der Waals surface area contributed by atoms with Gasteiger partial charge in [0.1, 0.15) is 0 Å². The number of benzene rings is 2. The molecule has 1 saturated heterocycles. The van der Waals surface area contributed by atoms with Crippen molar-refractivity contribution in [2.45, 2.75) is 43.8 Å². The molecule has 1 aromatic heterocycles. The van der Waals surface area contributed by atoms with Crippen LogP contribution in [0.4, 0.5) is 4.79 Å². The Labute approximate surface area is 200 Å². The third kappa shape index (κ3) is 5.72. The average Bonchev–Trinajstić information content (AvgIpc) is 2.85. The van der Waals surface area contributed by atoms with Gasteiger partial charge in [-0.3, -0.25) is 4.98 Å². The lowest BCUT2D eigenvalue weighted by Gasteiger charge is -2.31. The summed E-state index contributed by atoms with van der Waals surface area (Å²) in [5.74, 6) is 0. The zero-order chi connectivity index (χ0) is 24.0. The highest BCUT2D eigenvalue weighted by Crippen LogP contribution is 2.27. The van der Waals surface area contributed by atoms with Gasteiger partial charge in [-0.2, -0.15) is 0 Å². The highest BCUT2D eigenvalue weighted by molar-refractivity contribution is 7.89. The van der Waals surface area contributed by atoms with Crippen LogP contribution in [-0.4, -0.2) is 50.1 Å². The number of aromatic nitrogens is 1. The molecule has 0 aliphatic carbocycles. The van der Waals surface area contributed by atoms with Gasteiger partial charge in [-0.05, 0) is 54.5 Å². The Kier molecular flexibility index (Phi) is 7.77. The topological polar surface area (TPSA) is 101 Å². The summed E-state index contributed by atoms with van der Waals surface area (Å²) in [6.45, 7) is 4.34. The van der Waals surface area contributed by atoms with Crippen LogP contribution in [0.2, 0.25) is 0 Å². The van der Waals surface area contributed by atoms with E-state index in [1.807, 2.05) is 42.5 Å². The van der Waals surface area contributed by atoms with Gasteiger partial charge >= 0.3 is 6.09 Å². The van der Waals surface area contributed by atoms with E-state index in [0.717, 1.165) is 16.5 Å². The van der Waals surface area contributed by atoms with Crippen molar-refractivity contribution in [3.63, 3.8) is 0 Å². The lowest BCUT2D eigenvalue weighted by molar-refractivity contribution is 0.0966. The molecule has 0 bridgehead atoms. The minimum atomic E-state index is -3.73. The number of hydrogen-bond acceptors (Lipinski definition) is 6. The smallest absolute Gasteiger partial charge is 0.409 e. The molecule has 9 heteroatoms. The van der Waals surface area contributed by atoms with Gasteiger partial charge < -0.3 is 15.0 Å². The Balaban J connectivity index is 1.46. The van der Waals surface area contributed by atoms with Gasteiger partial charge in [-0.1, -0.05) is 30.3 Å². The number of nitrogens with one attached hydrogen (secondary N) is 2. The fourth-order valence-electron chi connectivity index (χ4n) is 4.24. The largest absolute Gasteiger partial charge is 0.450 e. The number of hydrogen-bond donors (Lipinski definition) is 2. The number of sulfonamides is 1. The molecule has 0 unspecified atom stereocenters. The Morgan fingerprint density at radius 1 is 1.03 bits per heavy atom. The van der Waals surface area contributed by atoms with Crippen molar-refractivity contribution in [3.05, 3.63) is 72.1 Å². The van der Waals surface area contributed by atoms with Crippen molar-refractivity contribution < 1.29 is 17.9 Å². The lowest BCUT2D eigenvalue weighted by Crippen LogP contribution is -2.46. The third-order valence-corrected chi connectivity index (χ3v) is 7.58. The summed E-state index contributed by atoms with van der Waals surface area (Å²) in [6, 6.07) is 14.8. The second-order valence-electron chi connectivity index (χ2n) is 8.31. The van der Waals surface area contributed by atoms with E-state index in [0.29, 0.717) is 51.0 Å². The molecule has 0 atom stereocenters. The standard InChI is InChI=1S/C25H30N4O4S/c1-2-33-25(30)29-15-11-21(12-16-29)28-34(31,32)24-8-7-20(22-5-3-4-6-23(22)24)18-27-17-19-9-13-26-14-10-19/h3-10,13-14,21,27-28H,2,11-12,15-18H2,1H3. The summed E-state index contributed by atoms with van der Waals surface area (Å²) in [4.78, 5) is 17.8. The van der Waals surface area contributed by atoms with Gasteiger partial charge in [0.25, 0.3) is 0 Å². The number of piperidine rings is 1. The second kappa shape index (κ2) is 10.9. The molecule has 4 rings (SSSR count). The van der Waals surface area contributed by atoms with Crippen LogP contribution in [0, 0.1) is 0 Å². The monoisotopic (exact) mass is 482 g/mol. The van der Waals surface area contributed by atoms with Crippen molar-refractivity contribution in [1.82, 2.24) is 19.9 Å².